The lowest BCUT2D eigenvalue weighted by Crippen LogP contribution is -2.33. The van der Waals surface area contributed by atoms with E-state index in [-0.39, 0.29) is 24.4 Å². The van der Waals surface area contributed by atoms with Crippen molar-refractivity contribution in [1.82, 2.24) is 24.6 Å². The van der Waals surface area contributed by atoms with E-state index in [1.165, 1.54) is 14.2 Å². The van der Waals surface area contributed by atoms with E-state index in [0.717, 1.165) is 17.0 Å². The molecule has 2 aromatic heterocycles. The van der Waals surface area contributed by atoms with Gasteiger partial charge in [-0.05, 0) is 26.8 Å². The number of aromatic amines is 1. The first-order valence-corrected chi connectivity index (χ1v) is 9.70. The Balaban J connectivity index is 1.89. The smallest absolute Gasteiger partial charge is 0.258 e. The topological polar surface area (TPSA) is 102 Å². The molecule has 3 aromatic rings. The van der Waals surface area contributed by atoms with Crippen LogP contribution in [0.15, 0.2) is 16.9 Å². The largest absolute Gasteiger partial charge is 0.493 e. The zero-order valence-corrected chi connectivity index (χ0v) is 18.2. The molecule has 0 bridgehead atoms. The summed E-state index contributed by atoms with van der Waals surface area (Å²) in [6.07, 6.45) is 0.252. The van der Waals surface area contributed by atoms with Gasteiger partial charge in [-0.15, -0.1) is 0 Å². The summed E-state index contributed by atoms with van der Waals surface area (Å²) >= 11 is 0. The zero-order chi connectivity index (χ0) is 22.0. The van der Waals surface area contributed by atoms with E-state index in [4.69, 9.17) is 9.47 Å². The molecule has 0 unspecified atom stereocenters. The standard InChI is InChI=1S/C21H27N5O4/c1-7-26(20(27)9-14-12(2)24-25(4)13(14)3)11-19-22-16-10-18(30-6)17(29-5)8-15(16)21(28)23-19/h8,10H,7,9,11H2,1-6H3,(H,22,23,28). The number of amides is 1. The predicted octanol–water partition coefficient (Wildman–Crippen LogP) is 1.88. The van der Waals surface area contributed by atoms with Gasteiger partial charge in [0.15, 0.2) is 11.5 Å². The molecule has 1 amide bonds. The van der Waals surface area contributed by atoms with E-state index >= 15 is 0 Å². The van der Waals surface area contributed by atoms with Crippen LogP contribution in [-0.4, -0.2) is 51.3 Å². The fourth-order valence-corrected chi connectivity index (χ4v) is 3.48. The fraction of sp³-hybridized carbons (Fsp3) is 0.429. The number of aryl methyl sites for hydroxylation is 2. The van der Waals surface area contributed by atoms with Crippen LogP contribution in [0, 0.1) is 13.8 Å². The third-order valence-electron chi connectivity index (χ3n) is 5.32. The van der Waals surface area contributed by atoms with E-state index < -0.39 is 0 Å². The van der Waals surface area contributed by atoms with Crippen LogP contribution in [0.3, 0.4) is 0 Å². The van der Waals surface area contributed by atoms with Crippen LogP contribution >= 0.6 is 0 Å². The Bertz CT molecular complexity index is 1150. The van der Waals surface area contributed by atoms with Crippen LogP contribution < -0.4 is 15.0 Å². The first-order valence-electron chi connectivity index (χ1n) is 9.70. The molecule has 1 aromatic carbocycles. The van der Waals surface area contributed by atoms with Crippen LogP contribution in [-0.2, 0) is 24.8 Å². The number of hydrogen-bond acceptors (Lipinski definition) is 6. The molecule has 9 heteroatoms. The van der Waals surface area contributed by atoms with Crippen LogP contribution in [0.1, 0.15) is 29.7 Å². The highest BCUT2D eigenvalue weighted by Gasteiger charge is 2.19. The van der Waals surface area contributed by atoms with Gasteiger partial charge < -0.3 is 19.4 Å². The Morgan fingerprint density at radius 1 is 1.20 bits per heavy atom. The van der Waals surface area contributed by atoms with Gasteiger partial charge in [0.2, 0.25) is 5.91 Å². The number of nitrogens with zero attached hydrogens (tertiary/aromatic N) is 4. The van der Waals surface area contributed by atoms with E-state index in [0.29, 0.717) is 34.8 Å². The van der Waals surface area contributed by atoms with Crippen molar-refractivity contribution in [3.63, 3.8) is 0 Å². The summed E-state index contributed by atoms with van der Waals surface area (Å²) in [7, 11) is 4.90. The minimum Gasteiger partial charge on any atom is -0.493 e. The normalized spacial score (nSPS) is 11.0. The number of aromatic nitrogens is 4. The van der Waals surface area contributed by atoms with E-state index in [9.17, 15) is 9.59 Å². The number of carbonyl (C=O) groups is 1. The third kappa shape index (κ3) is 4.00. The van der Waals surface area contributed by atoms with Crippen LogP contribution in [0.5, 0.6) is 11.5 Å². The molecule has 2 heterocycles. The van der Waals surface area contributed by atoms with Crippen LogP contribution in [0.4, 0.5) is 0 Å². The summed E-state index contributed by atoms with van der Waals surface area (Å²) in [5.74, 6) is 1.30. The number of hydrogen-bond donors (Lipinski definition) is 1. The van der Waals surface area contributed by atoms with Crippen molar-refractivity contribution >= 4 is 16.8 Å². The number of methoxy groups -OCH3 is 2. The van der Waals surface area contributed by atoms with Gasteiger partial charge in [0.1, 0.15) is 5.82 Å². The molecule has 0 aliphatic carbocycles. The summed E-state index contributed by atoms with van der Waals surface area (Å²) in [6.45, 7) is 6.44. The summed E-state index contributed by atoms with van der Waals surface area (Å²) in [5.41, 5.74) is 2.93. The minimum atomic E-state index is -0.293. The maximum Gasteiger partial charge on any atom is 0.258 e. The quantitative estimate of drug-likeness (QED) is 0.635. The van der Waals surface area contributed by atoms with E-state index in [2.05, 4.69) is 15.1 Å². The highest BCUT2D eigenvalue weighted by Crippen LogP contribution is 2.30. The Morgan fingerprint density at radius 3 is 2.43 bits per heavy atom. The minimum absolute atomic E-state index is 0.0493. The number of nitrogens with one attached hydrogen (secondary N) is 1. The average molecular weight is 413 g/mol. The molecule has 160 valence electrons. The SMILES string of the molecule is CCN(Cc1nc2cc(OC)c(OC)cc2c(=O)[nH]1)C(=O)Cc1c(C)nn(C)c1C. The second-order valence-corrected chi connectivity index (χ2v) is 7.09. The van der Waals surface area contributed by atoms with Crippen LogP contribution in [0.25, 0.3) is 10.9 Å². The summed E-state index contributed by atoms with van der Waals surface area (Å²) < 4.78 is 12.3. The van der Waals surface area contributed by atoms with Crippen molar-refractivity contribution in [2.75, 3.05) is 20.8 Å². The summed E-state index contributed by atoms with van der Waals surface area (Å²) in [5, 5.41) is 4.77. The Morgan fingerprint density at radius 2 is 1.87 bits per heavy atom. The summed E-state index contributed by atoms with van der Waals surface area (Å²) in [4.78, 5) is 34.5. The molecule has 0 aliphatic heterocycles. The van der Waals surface area contributed by atoms with Gasteiger partial charge in [0.25, 0.3) is 5.56 Å². The molecule has 1 N–H and O–H groups in total. The van der Waals surface area contributed by atoms with Gasteiger partial charge in [-0.3, -0.25) is 14.3 Å². The van der Waals surface area contributed by atoms with Gasteiger partial charge in [-0.2, -0.15) is 5.10 Å². The van der Waals surface area contributed by atoms with E-state index in [1.54, 1.807) is 21.7 Å². The second kappa shape index (κ2) is 8.56. The molecule has 3 rings (SSSR count). The lowest BCUT2D eigenvalue weighted by molar-refractivity contribution is -0.131. The number of benzene rings is 1. The van der Waals surface area contributed by atoms with Crippen molar-refractivity contribution in [3.05, 3.63) is 45.3 Å². The molecular weight excluding hydrogens is 386 g/mol. The Hall–Kier alpha value is -3.36. The second-order valence-electron chi connectivity index (χ2n) is 7.09. The first kappa shape index (κ1) is 21.4. The fourth-order valence-electron chi connectivity index (χ4n) is 3.48. The lowest BCUT2D eigenvalue weighted by atomic mass is 10.1. The Labute approximate surface area is 174 Å². The van der Waals surface area contributed by atoms with Crippen molar-refractivity contribution in [1.29, 1.82) is 0 Å². The van der Waals surface area contributed by atoms with Gasteiger partial charge in [-0.1, -0.05) is 0 Å². The molecule has 30 heavy (non-hydrogen) atoms. The molecule has 0 saturated heterocycles. The number of likely N-dealkylation sites (N-methyl/N-ethyl adjacent to an activating group) is 1. The third-order valence-corrected chi connectivity index (χ3v) is 5.32. The molecule has 0 saturated carbocycles. The number of ether oxygens (including phenoxy) is 2. The van der Waals surface area contributed by atoms with Gasteiger partial charge in [-0.25, -0.2) is 4.98 Å². The number of H-pyrrole nitrogens is 1. The average Bonchev–Trinajstić information content (AvgIpc) is 2.96. The molecule has 9 nitrogen and oxygen atoms in total. The zero-order valence-electron chi connectivity index (χ0n) is 18.2. The van der Waals surface area contributed by atoms with Gasteiger partial charge >= 0.3 is 0 Å². The number of rotatable bonds is 7. The van der Waals surface area contributed by atoms with Crippen molar-refractivity contribution in [2.24, 2.45) is 7.05 Å². The molecule has 0 aliphatic rings. The maximum atomic E-state index is 12.9. The molecular formula is C21H27N5O4. The molecule has 0 radical (unpaired) electrons. The first-order chi connectivity index (χ1) is 14.3. The van der Waals surface area contributed by atoms with Gasteiger partial charge in [0.05, 0.1) is 43.8 Å². The van der Waals surface area contributed by atoms with Gasteiger partial charge in [0, 0.05) is 30.9 Å². The van der Waals surface area contributed by atoms with Crippen molar-refractivity contribution in [3.8, 4) is 11.5 Å². The number of fused-ring (bicyclic) bond motifs is 1. The highest BCUT2D eigenvalue weighted by atomic mass is 16.5. The van der Waals surface area contributed by atoms with Crippen LogP contribution in [0.2, 0.25) is 0 Å². The molecule has 0 atom stereocenters. The van der Waals surface area contributed by atoms with Crippen molar-refractivity contribution < 1.29 is 14.3 Å². The molecule has 0 fully saturated rings. The predicted molar refractivity (Wildman–Crippen MR) is 113 cm³/mol. The van der Waals surface area contributed by atoms with E-state index in [1.807, 2.05) is 27.8 Å². The monoisotopic (exact) mass is 413 g/mol. The highest BCUT2D eigenvalue weighted by molar-refractivity contribution is 5.82. The maximum absolute atomic E-state index is 12.9. The molecule has 0 spiro atoms. The Kier molecular flexibility index (Phi) is 6.09. The summed E-state index contributed by atoms with van der Waals surface area (Å²) in [6, 6.07) is 3.26. The number of carbonyl (C=O) groups excluding carboxylic acids is 1. The lowest BCUT2D eigenvalue weighted by Gasteiger charge is -2.20. The van der Waals surface area contributed by atoms with Crippen molar-refractivity contribution in [2.45, 2.75) is 33.7 Å².